The van der Waals surface area contributed by atoms with Gasteiger partial charge in [0.2, 0.25) is 5.95 Å². The van der Waals surface area contributed by atoms with Gasteiger partial charge in [0.15, 0.2) is 11.5 Å². The van der Waals surface area contributed by atoms with Crippen LogP contribution in [0.1, 0.15) is 47.8 Å². The summed E-state index contributed by atoms with van der Waals surface area (Å²) in [4.78, 5) is 8.79. The minimum atomic E-state index is 0.394. The molecule has 1 aliphatic rings. The highest BCUT2D eigenvalue weighted by Crippen LogP contribution is 2.54. The minimum Gasteiger partial charge on any atom is -0.355 e. The third kappa shape index (κ3) is 3.02. The second-order valence-corrected chi connectivity index (χ2v) is 7.59. The lowest BCUT2D eigenvalue weighted by atomic mass is 10.1. The number of aromatic nitrogens is 8. The molecule has 4 heterocycles. The highest BCUT2D eigenvalue weighted by molar-refractivity contribution is 5.60. The predicted molar refractivity (Wildman–Crippen MR) is 109 cm³/mol. The molecule has 0 bridgehead atoms. The van der Waals surface area contributed by atoms with Gasteiger partial charge in [0.25, 0.3) is 0 Å². The maximum absolute atomic E-state index is 4.77. The van der Waals surface area contributed by atoms with Gasteiger partial charge in [-0.05, 0) is 56.4 Å². The molecule has 148 valence electrons. The molecule has 5 rings (SSSR count). The summed E-state index contributed by atoms with van der Waals surface area (Å²) in [5.41, 5.74) is 5.94. The fourth-order valence-corrected chi connectivity index (χ4v) is 3.83. The first-order valence-electron chi connectivity index (χ1n) is 9.85. The maximum Gasteiger partial charge on any atom is 0.222 e. The molecule has 0 aliphatic heterocycles. The van der Waals surface area contributed by atoms with Gasteiger partial charge < -0.3 is 5.32 Å². The van der Waals surface area contributed by atoms with Crippen LogP contribution < -0.4 is 5.32 Å². The first kappa shape index (κ1) is 17.7. The Bertz CT molecular complexity index is 1190. The summed E-state index contributed by atoms with van der Waals surface area (Å²) in [7, 11) is 1.96. The van der Waals surface area contributed by atoms with E-state index < -0.39 is 0 Å². The average molecular weight is 389 g/mol. The van der Waals surface area contributed by atoms with Crippen LogP contribution in [0.15, 0.2) is 24.5 Å². The van der Waals surface area contributed by atoms with Crippen molar-refractivity contribution < 1.29 is 0 Å². The van der Waals surface area contributed by atoms with Gasteiger partial charge in [-0.2, -0.15) is 14.7 Å². The maximum atomic E-state index is 4.77. The van der Waals surface area contributed by atoms with E-state index in [-0.39, 0.29) is 0 Å². The van der Waals surface area contributed by atoms with Gasteiger partial charge in [-0.15, -0.1) is 10.2 Å². The van der Waals surface area contributed by atoms with Gasteiger partial charge in [-0.25, -0.2) is 9.97 Å². The lowest BCUT2D eigenvalue weighted by molar-refractivity contribution is 0.741. The molecule has 0 radical (unpaired) electrons. The summed E-state index contributed by atoms with van der Waals surface area (Å²) >= 11 is 0. The molecule has 1 N–H and O–H groups in total. The van der Waals surface area contributed by atoms with Crippen LogP contribution in [-0.4, -0.2) is 46.1 Å². The van der Waals surface area contributed by atoms with Crippen LogP contribution in [0, 0.1) is 13.8 Å². The van der Waals surface area contributed by atoms with Crippen LogP contribution in [0.25, 0.3) is 17.0 Å². The normalized spacial score (nSPS) is 18.3. The van der Waals surface area contributed by atoms with E-state index in [1.165, 1.54) is 5.56 Å². The number of hydrogen-bond acceptors (Lipinski definition) is 7. The van der Waals surface area contributed by atoms with E-state index in [0.717, 1.165) is 47.1 Å². The Kier molecular flexibility index (Phi) is 4.04. The zero-order valence-corrected chi connectivity index (χ0v) is 17.0. The Hall–Kier alpha value is -3.36. The Morgan fingerprint density at radius 1 is 1.07 bits per heavy atom. The summed E-state index contributed by atoms with van der Waals surface area (Å²) in [6.07, 6.45) is 4.91. The van der Waals surface area contributed by atoms with Crippen molar-refractivity contribution in [2.24, 2.45) is 7.05 Å². The van der Waals surface area contributed by atoms with E-state index in [0.29, 0.717) is 17.8 Å². The molecule has 4 aromatic heterocycles. The molecular weight excluding hydrogens is 366 g/mol. The lowest BCUT2D eigenvalue weighted by Crippen LogP contribution is -2.02. The predicted octanol–water partition coefficient (Wildman–Crippen LogP) is 2.63. The molecule has 2 atom stereocenters. The van der Waals surface area contributed by atoms with E-state index in [4.69, 9.17) is 10.2 Å². The van der Waals surface area contributed by atoms with Gasteiger partial charge in [0.05, 0.1) is 11.4 Å². The molecule has 9 heteroatoms. The Balaban J connectivity index is 1.42. The summed E-state index contributed by atoms with van der Waals surface area (Å²) in [6, 6.07) is 4.19. The number of nitrogens with one attached hydrogen (secondary N) is 1. The molecule has 1 fully saturated rings. The third-order valence-electron chi connectivity index (χ3n) is 5.48. The standard InChI is InChI=1S/C20H23N9/c1-5-21-20-22-9-13(10-23-20)14-7-15(14)16-8-18(28(4)26-16)17-6-11(2)19-25-24-12(3)29(19)27-17/h6,8-10,14-15H,5,7H2,1-4H3,(H,21,22,23). The Labute approximate surface area is 168 Å². The third-order valence-corrected chi connectivity index (χ3v) is 5.48. The van der Waals surface area contributed by atoms with Crippen molar-refractivity contribution in [2.45, 2.75) is 39.0 Å². The molecule has 1 saturated carbocycles. The van der Waals surface area contributed by atoms with E-state index in [9.17, 15) is 0 Å². The summed E-state index contributed by atoms with van der Waals surface area (Å²) in [5.74, 6) is 2.26. The summed E-state index contributed by atoms with van der Waals surface area (Å²) in [5, 5.41) is 21.0. The molecule has 9 nitrogen and oxygen atoms in total. The van der Waals surface area contributed by atoms with Gasteiger partial charge in [-0.3, -0.25) is 4.68 Å². The van der Waals surface area contributed by atoms with Crippen molar-refractivity contribution in [2.75, 3.05) is 11.9 Å². The molecule has 4 aromatic rings. The number of nitrogens with zero attached hydrogens (tertiary/aromatic N) is 8. The first-order chi connectivity index (χ1) is 14.0. The summed E-state index contributed by atoms with van der Waals surface area (Å²) < 4.78 is 3.70. The van der Waals surface area contributed by atoms with Crippen molar-refractivity contribution in [3.8, 4) is 11.4 Å². The van der Waals surface area contributed by atoms with Crippen LogP contribution in [0.5, 0.6) is 0 Å². The fourth-order valence-electron chi connectivity index (χ4n) is 3.83. The highest BCUT2D eigenvalue weighted by atomic mass is 15.4. The van der Waals surface area contributed by atoms with Crippen molar-refractivity contribution in [1.82, 2.24) is 39.6 Å². The zero-order valence-electron chi connectivity index (χ0n) is 17.0. The number of aryl methyl sites for hydroxylation is 3. The molecule has 0 saturated heterocycles. The molecule has 0 spiro atoms. The largest absolute Gasteiger partial charge is 0.355 e. The van der Waals surface area contributed by atoms with Crippen LogP contribution in [0.2, 0.25) is 0 Å². The van der Waals surface area contributed by atoms with Crippen LogP contribution >= 0.6 is 0 Å². The lowest BCUT2D eigenvalue weighted by Gasteiger charge is -2.04. The molecule has 1 aliphatic carbocycles. The monoisotopic (exact) mass is 389 g/mol. The first-order valence-corrected chi connectivity index (χ1v) is 9.85. The van der Waals surface area contributed by atoms with Gasteiger partial charge >= 0.3 is 0 Å². The van der Waals surface area contributed by atoms with Gasteiger partial charge in [0, 0.05) is 31.9 Å². The van der Waals surface area contributed by atoms with Gasteiger partial charge in [-0.1, -0.05) is 0 Å². The van der Waals surface area contributed by atoms with Crippen molar-refractivity contribution in [1.29, 1.82) is 0 Å². The van der Waals surface area contributed by atoms with E-state index in [2.05, 4.69) is 31.5 Å². The smallest absolute Gasteiger partial charge is 0.222 e. The second kappa shape index (κ2) is 6.61. The SMILES string of the molecule is CCNc1ncc(C2CC2c2cc(-c3cc(C)c4nnc(C)n4n3)n(C)n2)cn1. The number of fused-ring (bicyclic) bond motifs is 1. The van der Waals surface area contributed by atoms with Crippen molar-refractivity contribution in [3.63, 3.8) is 0 Å². The topological polar surface area (TPSA) is 98.7 Å². The second-order valence-electron chi connectivity index (χ2n) is 7.59. The molecular formula is C20H23N9. The number of rotatable bonds is 5. The minimum absolute atomic E-state index is 0.394. The van der Waals surface area contributed by atoms with Crippen LogP contribution in [-0.2, 0) is 7.05 Å². The quantitative estimate of drug-likeness (QED) is 0.560. The van der Waals surface area contributed by atoms with E-state index in [1.807, 2.05) is 51.0 Å². The van der Waals surface area contributed by atoms with Gasteiger partial charge in [0.1, 0.15) is 5.69 Å². The fraction of sp³-hybridized carbons (Fsp3) is 0.400. The molecule has 0 aromatic carbocycles. The van der Waals surface area contributed by atoms with Crippen LogP contribution in [0.4, 0.5) is 5.95 Å². The Morgan fingerprint density at radius 2 is 1.86 bits per heavy atom. The average Bonchev–Trinajstić information content (AvgIpc) is 3.28. The highest BCUT2D eigenvalue weighted by Gasteiger charge is 2.42. The Morgan fingerprint density at radius 3 is 2.62 bits per heavy atom. The van der Waals surface area contributed by atoms with Crippen molar-refractivity contribution >= 4 is 11.6 Å². The molecule has 0 amide bonds. The molecule has 29 heavy (non-hydrogen) atoms. The number of hydrogen-bond donors (Lipinski definition) is 1. The zero-order chi connectivity index (χ0) is 20.1. The van der Waals surface area contributed by atoms with Crippen molar-refractivity contribution in [3.05, 3.63) is 47.2 Å². The molecule has 2 unspecified atom stereocenters. The van der Waals surface area contributed by atoms with E-state index in [1.54, 1.807) is 4.52 Å². The summed E-state index contributed by atoms with van der Waals surface area (Å²) in [6.45, 7) is 6.78. The van der Waals surface area contributed by atoms with Crippen LogP contribution in [0.3, 0.4) is 0 Å². The number of anilines is 1. The van der Waals surface area contributed by atoms with E-state index >= 15 is 0 Å².